The highest BCUT2D eigenvalue weighted by Crippen LogP contribution is 2.22. The minimum atomic E-state index is -3.66. The lowest BCUT2D eigenvalue weighted by molar-refractivity contribution is 0.231. The van der Waals surface area contributed by atoms with Gasteiger partial charge in [0.15, 0.2) is 0 Å². The monoisotopic (exact) mass is 236 g/mol. The number of halogens is 2. The lowest BCUT2D eigenvalue weighted by atomic mass is 10.1. The van der Waals surface area contributed by atoms with E-state index in [0.29, 0.717) is 6.07 Å². The van der Waals surface area contributed by atoms with Crippen LogP contribution in [-0.2, 0) is 14.3 Å². The molecule has 0 N–H and O–H groups in total. The van der Waals surface area contributed by atoms with Crippen molar-refractivity contribution in [2.45, 2.75) is 13.0 Å². The fourth-order valence-corrected chi connectivity index (χ4v) is 1.77. The highest BCUT2D eigenvalue weighted by Gasteiger charge is 2.16. The van der Waals surface area contributed by atoms with Crippen LogP contribution in [0.2, 0.25) is 0 Å². The van der Waals surface area contributed by atoms with Crippen molar-refractivity contribution < 1.29 is 21.4 Å². The molecule has 0 radical (unpaired) electrons. The van der Waals surface area contributed by atoms with Crippen molar-refractivity contribution in [1.29, 1.82) is 0 Å². The normalized spacial score (nSPS) is 13.9. The molecule has 0 aliphatic carbocycles. The van der Waals surface area contributed by atoms with Crippen LogP contribution in [0.15, 0.2) is 18.2 Å². The van der Waals surface area contributed by atoms with E-state index in [1.807, 2.05) is 0 Å². The Bertz CT molecular complexity index is 456. The molecule has 0 spiro atoms. The molecule has 3 nitrogen and oxygen atoms in total. The van der Waals surface area contributed by atoms with E-state index in [4.69, 9.17) is 0 Å². The van der Waals surface area contributed by atoms with E-state index >= 15 is 0 Å². The molecule has 15 heavy (non-hydrogen) atoms. The van der Waals surface area contributed by atoms with Crippen LogP contribution in [0.5, 0.6) is 0 Å². The summed E-state index contributed by atoms with van der Waals surface area (Å²) in [7, 11) is -3.66. The number of hydrogen-bond donors (Lipinski definition) is 0. The molecule has 0 saturated carbocycles. The zero-order chi connectivity index (χ0) is 11.6. The summed E-state index contributed by atoms with van der Waals surface area (Å²) in [4.78, 5) is 0. The van der Waals surface area contributed by atoms with Crippen molar-refractivity contribution in [3.8, 4) is 0 Å². The van der Waals surface area contributed by atoms with Gasteiger partial charge in [-0.25, -0.2) is 8.78 Å². The van der Waals surface area contributed by atoms with E-state index < -0.39 is 27.9 Å². The molecule has 1 unspecified atom stereocenters. The van der Waals surface area contributed by atoms with Gasteiger partial charge >= 0.3 is 0 Å². The van der Waals surface area contributed by atoms with Gasteiger partial charge in [-0.3, -0.25) is 4.18 Å². The SMILES string of the molecule is CC(OS(C)(=O)=O)c1ccc(F)cc1F. The molecule has 1 aromatic rings. The van der Waals surface area contributed by atoms with Gasteiger partial charge in [-0.15, -0.1) is 0 Å². The molecule has 6 heteroatoms. The van der Waals surface area contributed by atoms with E-state index in [2.05, 4.69) is 4.18 Å². The molecule has 84 valence electrons. The summed E-state index contributed by atoms with van der Waals surface area (Å²) in [5, 5.41) is 0. The molecular weight excluding hydrogens is 226 g/mol. The second kappa shape index (κ2) is 4.24. The predicted octanol–water partition coefficient (Wildman–Crippen LogP) is 2.00. The maximum Gasteiger partial charge on any atom is 0.264 e. The largest absolute Gasteiger partial charge is 0.264 e. The van der Waals surface area contributed by atoms with Gasteiger partial charge in [0.2, 0.25) is 0 Å². The first-order valence-corrected chi connectivity index (χ1v) is 5.94. The highest BCUT2D eigenvalue weighted by atomic mass is 32.2. The summed E-state index contributed by atoms with van der Waals surface area (Å²) >= 11 is 0. The number of rotatable bonds is 3. The second-order valence-electron chi connectivity index (χ2n) is 3.11. The Morgan fingerprint density at radius 3 is 2.40 bits per heavy atom. The Labute approximate surface area is 86.8 Å². The van der Waals surface area contributed by atoms with Gasteiger partial charge in [0.25, 0.3) is 10.1 Å². The van der Waals surface area contributed by atoms with Crippen molar-refractivity contribution in [1.82, 2.24) is 0 Å². The van der Waals surface area contributed by atoms with Gasteiger partial charge in [0.1, 0.15) is 17.7 Å². The molecule has 0 aliphatic heterocycles. The summed E-state index contributed by atoms with van der Waals surface area (Å²) < 4.78 is 51.8. The summed E-state index contributed by atoms with van der Waals surface area (Å²) in [6, 6.07) is 2.87. The van der Waals surface area contributed by atoms with Crippen LogP contribution in [0, 0.1) is 11.6 Å². The average molecular weight is 236 g/mol. The summed E-state index contributed by atoms with van der Waals surface area (Å²) in [5.74, 6) is -1.55. The van der Waals surface area contributed by atoms with Crippen LogP contribution in [0.1, 0.15) is 18.6 Å². The minimum absolute atomic E-state index is 0.00169. The summed E-state index contributed by atoms with van der Waals surface area (Å²) in [6.07, 6.45) is -0.106. The van der Waals surface area contributed by atoms with Crippen LogP contribution in [-0.4, -0.2) is 14.7 Å². The van der Waals surface area contributed by atoms with Gasteiger partial charge < -0.3 is 0 Å². The number of benzene rings is 1. The van der Waals surface area contributed by atoms with Gasteiger partial charge in [0, 0.05) is 11.6 Å². The predicted molar refractivity (Wildman–Crippen MR) is 50.7 cm³/mol. The Morgan fingerprint density at radius 1 is 1.33 bits per heavy atom. The second-order valence-corrected chi connectivity index (χ2v) is 4.71. The zero-order valence-electron chi connectivity index (χ0n) is 8.20. The lowest BCUT2D eigenvalue weighted by Gasteiger charge is -2.11. The topological polar surface area (TPSA) is 43.4 Å². The Kier molecular flexibility index (Phi) is 3.41. The van der Waals surface area contributed by atoms with Crippen LogP contribution >= 0.6 is 0 Å². The fraction of sp³-hybridized carbons (Fsp3) is 0.333. The van der Waals surface area contributed by atoms with Gasteiger partial charge in [-0.2, -0.15) is 8.42 Å². The van der Waals surface area contributed by atoms with E-state index in [1.165, 1.54) is 6.92 Å². The van der Waals surface area contributed by atoms with Crippen LogP contribution in [0.4, 0.5) is 8.78 Å². The van der Waals surface area contributed by atoms with Gasteiger partial charge in [-0.05, 0) is 13.0 Å². The van der Waals surface area contributed by atoms with Crippen molar-refractivity contribution >= 4 is 10.1 Å². The fourth-order valence-electron chi connectivity index (χ4n) is 1.15. The molecule has 1 rings (SSSR count). The Hall–Kier alpha value is -1.01. The molecule has 0 amide bonds. The van der Waals surface area contributed by atoms with Crippen LogP contribution in [0.25, 0.3) is 0 Å². The summed E-state index contributed by atoms with van der Waals surface area (Å²) in [5.41, 5.74) is 0.00169. The molecule has 0 saturated heterocycles. The standard InChI is InChI=1S/C9H10F2O3S/c1-6(14-15(2,12)13)8-4-3-7(10)5-9(8)11/h3-6H,1-2H3. The molecule has 0 heterocycles. The molecule has 1 atom stereocenters. The quantitative estimate of drug-likeness (QED) is 0.754. The third-order valence-electron chi connectivity index (χ3n) is 1.72. The van der Waals surface area contributed by atoms with Gasteiger partial charge in [0.05, 0.1) is 6.26 Å². The lowest BCUT2D eigenvalue weighted by Crippen LogP contribution is -2.09. The molecule has 0 aromatic heterocycles. The van der Waals surface area contributed by atoms with Crippen molar-refractivity contribution in [3.05, 3.63) is 35.4 Å². The van der Waals surface area contributed by atoms with E-state index in [9.17, 15) is 17.2 Å². The molecule has 1 aromatic carbocycles. The number of hydrogen-bond acceptors (Lipinski definition) is 3. The highest BCUT2D eigenvalue weighted by molar-refractivity contribution is 7.86. The average Bonchev–Trinajstić information content (AvgIpc) is 1.99. The first-order valence-electron chi connectivity index (χ1n) is 4.13. The maximum absolute atomic E-state index is 13.2. The Morgan fingerprint density at radius 2 is 1.93 bits per heavy atom. The van der Waals surface area contributed by atoms with E-state index in [0.717, 1.165) is 18.4 Å². The van der Waals surface area contributed by atoms with Crippen LogP contribution in [0.3, 0.4) is 0 Å². The maximum atomic E-state index is 13.2. The van der Waals surface area contributed by atoms with Crippen molar-refractivity contribution in [2.24, 2.45) is 0 Å². The van der Waals surface area contributed by atoms with Gasteiger partial charge in [-0.1, -0.05) is 6.07 Å². The third-order valence-corrected chi connectivity index (χ3v) is 2.36. The molecule has 0 aliphatic rings. The first-order chi connectivity index (χ1) is 6.79. The first kappa shape index (κ1) is 12.1. The smallest absolute Gasteiger partial charge is 0.262 e. The summed E-state index contributed by atoms with van der Waals surface area (Å²) in [6.45, 7) is 1.37. The van der Waals surface area contributed by atoms with Crippen molar-refractivity contribution in [3.63, 3.8) is 0 Å². The zero-order valence-corrected chi connectivity index (χ0v) is 9.01. The molecular formula is C9H10F2O3S. The molecule has 0 bridgehead atoms. The molecule has 0 fully saturated rings. The van der Waals surface area contributed by atoms with E-state index in [-0.39, 0.29) is 5.56 Å². The Balaban J connectivity index is 2.97. The van der Waals surface area contributed by atoms with Crippen molar-refractivity contribution in [2.75, 3.05) is 6.26 Å². The third kappa shape index (κ3) is 3.56. The van der Waals surface area contributed by atoms with Crippen LogP contribution < -0.4 is 0 Å². The minimum Gasteiger partial charge on any atom is -0.262 e. The van der Waals surface area contributed by atoms with E-state index in [1.54, 1.807) is 0 Å².